The number of hydrogen-bond acceptors (Lipinski definition) is 7. The molecule has 0 fully saturated rings. The number of nitrogens with zero attached hydrogens (tertiary/aromatic N) is 5. The van der Waals surface area contributed by atoms with Gasteiger partial charge in [-0.15, -0.1) is 0 Å². The molecule has 0 unspecified atom stereocenters. The quantitative estimate of drug-likeness (QED) is 0.522. The maximum Gasteiger partial charge on any atom is 0.224 e. The average Bonchev–Trinajstić information content (AvgIpc) is 2.77. The first-order valence-corrected chi connectivity index (χ1v) is 9.36. The summed E-state index contributed by atoms with van der Waals surface area (Å²) in [4.78, 5) is 19.3. The molecule has 0 aliphatic carbocycles. The predicted octanol–water partition coefficient (Wildman–Crippen LogP) is 3.91. The van der Waals surface area contributed by atoms with Crippen molar-refractivity contribution in [3.05, 3.63) is 66.5 Å². The van der Waals surface area contributed by atoms with Crippen molar-refractivity contribution in [1.82, 2.24) is 19.9 Å². The summed E-state index contributed by atoms with van der Waals surface area (Å²) in [5, 5.41) is 4.14. The van der Waals surface area contributed by atoms with Crippen LogP contribution in [0.3, 0.4) is 0 Å². The second kappa shape index (κ2) is 8.28. The van der Waals surface area contributed by atoms with E-state index in [0.29, 0.717) is 29.6 Å². The zero-order valence-electron chi connectivity index (χ0n) is 16.9. The number of anilines is 2. The molecule has 30 heavy (non-hydrogen) atoms. The van der Waals surface area contributed by atoms with Crippen LogP contribution in [-0.2, 0) is 6.54 Å². The third-order valence-corrected chi connectivity index (χ3v) is 4.65. The Morgan fingerprint density at radius 3 is 2.37 bits per heavy atom. The Kier molecular flexibility index (Phi) is 5.38. The first-order valence-electron chi connectivity index (χ1n) is 9.36. The number of fused-ring (bicyclic) bond motifs is 1. The van der Waals surface area contributed by atoms with E-state index < -0.39 is 0 Å². The highest BCUT2D eigenvalue weighted by Gasteiger charge is 2.12. The molecular weight excluding hydrogens is 383 g/mol. The van der Waals surface area contributed by atoms with Crippen molar-refractivity contribution in [2.75, 3.05) is 31.4 Å². The number of halogens is 1. The Labute approximate surface area is 173 Å². The lowest BCUT2D eigenvalue weighted by molar-refractivity contribution is 0.419. The fourth-order valence-electron chi connectivity index (χ4n) is 3.10. The van der Waals surface area contributed by atoms with Gasteiger partial charge in [0.25, 0.3) is 0 Å². The molecule has 0 aliphatic rings. The van der Waals surface area contributed by atoms with Gasteiger partial charge in [-0.1, -0.05) is 12.1 Å². The topological polar surface area (TPSA) is 76.1 Å². The smallest absolute Gasteiger partial charge is 0.224 e. The molecule has 0 atom stereocenters. The molecule has 0 saturated heterocycles. The van der Waals surface area contributed by atoms with Gasteiger partial charge in [-0.3, -0.25) is 0 Å². The molecule has 2 aromatic heterocycles. The molecule has 0 bridgehead atoms. The largest absolute Gasteiger partial charge is 0.494 e. The highest BCUT2D eigenvalue weighted by atomic mass is 19.1. The fraction of sp³-hybridized carbons (Fsp3) is 0.182. The fourth-order valence-corrected chi connectivity index (χ4v) is 3.10. The summed E-state index contributed by atoms with van der Waals surface area (Å²) < 4.78 is 18.9. The molecule has 4 aromatic rings. The lowest BCUT2D eigenvalue weighted by atomic mass is 10.0. The molecule has 2 heterocycles. The molecule has 0 aliphatic heterocycles. The van der Waals surface area contributed by atoms with Crippen LogP contribution in [0.2, 0.25) is 0 Å². The van der Waals surface area contributed by atoms with E-state index in [1.54, 1.807) is 31.6 Å². The Morgan fingerprint density at radius 2 is 1.70 bits per heavy atom. The van der Waals surface area contributed by atoms with E-state index in [1.807, 2.05) is 31.1 Å². The molecule has 1 N–H and O–H groups in total. The molecule has 4 rings (SSSR count). The lowest BCUT2D eigenvalue weighted by Gasteiger charge is -2.13. The van der Waals surface area contributed by atoms with E-state index in [4.69, 9.17) is 4.74 Å². The van der Waals surface area contributed by atoms with Crippen molar-refractivity contribution >= 4 is 22.7 Å². The number of methoxy groups -OCH3 is 1. The van der Waals surface area contributed by atoms with Crippen LogP contribution in [0.15, 0.2) is 55.1 Å². The van der Waals surface area contributed by atoms with Gasteiger partial charge in [-0.05, 0) is 35.4 Å². The maximum atomic E-state index is 13.3. The minimum atomic E-state index is -0.278. The van der Waals surface area contributed by atoms with Crippen molar-refractivity contribution in [2.24, 2.45) is 0 Å². The molecule has 0 amide bonds. The normalized spacial score (nSPS) is 10.8. The van der Waals surface area contributed by atoms with Gasteiger partial charge in [0.15, 0.2) is 0 Å². The summed E-state index contributed by atoms with van der Waals surface area (Å²) in [6.45, 7) is 0.503. The number of rotatable bonds is 6. The van der Waals surface area contributed by atoms with Crippen LogP contribution in [0.25, 0.3) is 22.0 Å². The van der Waals surface area contributed by atoms with Crippen LogP contribution in [0.4, 0.5) is 16.2 Å². The summed E-state index contributed by atoms with van der Waals surface area (Å²) >= 11 is 0. The molecular formula is C22H21FN6O. The number of ether oxygens (including phenoxy) is 1. The predicted molar refractivity (Wildman–Crippen MR) is 115 cm³/mol. The Balaban J connectivity index is 1.69. The molecule has 152 valence electrons. The van der Waals surface area contributed by atoms with Gasteiger partial charge in [-0.2, -0.15) is 0 Å². The van der Waals surface area contributed by atoms with Crippen LogP contribution in [-0.4, -0.2) is 41.1 Å². The van der Waals surface area contributed by atoms with Gasteiger partial charge in [-0.25, -0.2) is 24.3 Å². The second-order valence-corrected chi connectivity index (χ2v) is 6.94. The molecule has 8 heteroatoms. The molecule has 2 aromatic carbocycles. The van der Waals surface area contributed by atoms with Gasteiger partial charge in [0.1, 0.15) is 29.2 Å². The van der Waals surface area contributed by atoms with E-state index >= 15 is 0 Å². The third-order valence-electron chi connectivity index (χ3n) is 4.65. The van der Waals surface area contributed by atoms with Gasteiger partial charge >= 0.3 is 0 Å². The molecule has 0 radical (unpaired) electrons. The minimum Gasteiger partial charge on any atom is -0.494 e. The number of nitrogens with one attached hydrogen (secondary N) is 1. The van der Waals surface area contributed by atoms with Crippen molar-refractivity contribution < 1.29 is 9.13 Å². The number of benzene rings is 2. The summed E-state index contributed by atoms with van der Waals surface area (Å²) in [6, 6.07) is 10.2. The van der Waals surface area contributed by atoms with Crippen LogP contribution < -0.4 is 15.0 Å². The number of hydrogen-bond donors (Lipinski definition) is 1. The van der Waals surface area contributed by atoms with Crippen molar-refractivity contribution in [3.8, 4) is 16.9 Å². The summed E-state index contributed by atoms with van der Waals surface area (Å²) in [5.41, 5.74) is 3.38. The van der Waals surface area contributed by atoms with Gasteiger partial charge < -0.3 is 15.0 Å². The summed E-state index contributed by atoms with van der Waals surface area (Å²) in [6.07, 6.45) is 5.06. The van der Waals surface area contributed by atoms with Crippen molar-refractivity contribution in [3.63, 3.8) is 0 Å². The third kappa shape index (κ3) is 3.98. The Hall–Kier alpha value is -3.81. The summed E-state index contributed by atoms with van der Waals surface area (Å²) in [7, 11) is 5.39. The maximum absolute atomic E-state index is 13.3. The van der Waals surface area contributed by atoms with Crippen molar-refractivity contribution in [2.45, 2.75) is 6.54 Å². The van der Waals surface area contributed by atoms with Gasteiger partial charge in [0.2, 0.25) is 5.95 Å². The SMILES string of the molecule is COc1cc(-c2ccc(F)cc2)cc2c(NCc3cnc(N(C)C)nc3)ncnc12. The first-order chi connectivity index (χ1) is 14.5. The number of aromatic nitrogens is 4. The standard InChI is InChI=1S/C22H21FN6O/c1-29(2)22-25-11-14(12-26-22)10-24-21-18-8-16(15-4-6-17(23)7-5-15)9-19(30-3)20(18)27-13-28-21/h4-9,11-13H,10H2,1-3H3,(H,24,27,28). The zero-order valence-corrected chi connectivity index (χ0v) is 16.9. The minimum absolute atomic E-state index is 0.278. The van der Waals surface area contributed by atoms with E-state index in [1.165, 1.54) is 18.5 Å². The lowest BCUT2D eigenvalue weighted by Crippen LogP contribution is -2.13. The van der Waals surface area contributed by atoms with Crippen LogP contribution in [0.5, 0.6) is 5.75 Å². The van der Waals surface area contributed by atoms with E-state index in [-0.39, 0.29) is 5.82 Å². The molecule has 0 saturated carbocycles. The average molecular weight is 404 g/mol. The Bertz CT molecular complexity index is 1160. The van der Waals surface area contributed by atoms with E-state index in [0.717, 1.165) is 22.1 Å². The van der Waals surface area contributed by atoms with E-state index in [9.17, 15) is 4.39 Å². The van der Waals surface area contributed by atoms with Crippen molar-refractivity contribution in [1.29, 1.82) is 0 Å². The second-order valence-electron chi connectivity index (χ2n) is 6.94. The van der Waals surface area contributed by atoms with E-state index in [2.05, 4.69) is 25.3 Å². The van der Waals surface area contributed by atoms with Crippen LogP contribution >= 0.6 is 0 Å². The van der Waals surface area contributed by atoms with Crippen LogP contribution in [0, 0.1) is 5.82 Å². The molecule has 0 spiro atoms. The highest BCUT2D eigenvalue weighted by molar-refractivity contribution is 5.96. The zero-order chi connectivity index (χ0) is 21.1. The monoisotopic (exact) mass is 404 g/mol. The molecule has 7 nitrogen and oxygen atoms in total. The van der Waals surface area contributed by atoms with Gasteiger partial charge in [0, 0.05) is 44.0 Å². The highest BCUT2D eigenvalue weighted by Crippen LogP contribution is 2.34. The first kappa shape index (κ1) is 19.5. The Morgan fingerprint density at radius 1 is 0.967 bits per heavy atom. The summed E-state index contributed by atoms with van der Waals surface area (Å²) in [5.74, 6) is 1.66. The van der Waals surface area contributed by atoms with Gasteiger partial charge in [0.05, 0.1) is 7.11 Å². The van der Waals surface area contributed by atoms with Crippen LogP contribution in [0.1, 0.15) is 5.56 Å².